The van der Waals surface area contributed by atoms with E-state index in [-0.39, 0.29) is 29.3 Å². The Hall–Kier alpha value is -1.32. The summed E-state index contributed by atoms with van der Waals surface area (Å²) in [6.45, 7) is 25.2. The topological polar surface area (TPSA) is 63.6 Å². The van der Waals surface area contributed by atoms with E-state index in [0.29, 0.717) is 34.0 Å². The molecule has 0 aromatic rings. The fourth-order valence-electron chi connectivity index (χ4n) is 13.1. The van der Waals surface area contributed by atoms with Gasteiger partial charge in [0.15, 0.2) is 0 Å². The average molecular weight is 597 g/mol. The van der Waals surface area contributed by atoms with E-state index in [1.54, 1.807) is 13.8 Å². The number of rotatable bonds is 8. The van der Waals surface area contributed by atoms with Gasteiger partial charge < -0.3 is 9.84 Å². The minimum Gasteiger partial charge on any atom is -0.481 e. The highest BCUT2D eigenvalue weighted by Gasteiger charge is 2.71. The number of carbonyl (C=O) groups is 2. The van der Waals surface area contributed by atoms with Gasteiger partial charge in [0.25, 0.3) is 0 Å². The van der Waals surface area contributed by atoms with Gasteiger partial charge >= 0.3 is 11.9 Å². The van der Waals surface area contributed by atoms with E-state index in [1.807, 2.05) is 0 Å². The Morgan fingerprint density at radius 1 is 0.884 bits per heavy atom. The van der Waals surface area contributed by atoms with Crippen molar-refractivity contribution in [3.05, 3.63) is 12.2 Å². The van der Waals surface area contributed by atoms with Gasteiger partial charge in [0.1, 0.15) is 6.10 Å². The number of carboxylic acid groups (broad SMARTS) is 1. The lowest BCUT2D eigenvalue weighted by Crippen LogP contribution is -2.66. The largest absolute Gasteiger partial charge is 0.481 e. The molecule has 5 saturated carbocycles. The Labute approximate surface area is 263 Å². The van der Waals surface area contributed by atoms with E-state index >= 15 is 0 Å². The Balaban J connectivity index is 1.41. The second kappa shape index (κ2) is 10.9. The van der Waals surface area contributed by atoms with E-state index < -0.39 is 11.4 Å². The highest BCUT2D eigenvalue weighted by atomic mass is 16.5. The minimum atomic E-state index is -1.11. The lowest BCUT2D eigenvalue weighted by Gasteiger charge is -2.73. The molecule has 0 unspecified atom stereocenters. The summed E-state index contributed by atoms with van der Waals surface area (Å²) in [5.41, 5.74) is 1.65. The summed E-state index contributed by atoms with van der Waals surface area (Å²) in [6.07, 6.45) is 16.6. The molecule has 4 nitrogen and oxygen atoms in total. The second-order valence-corrected chi connectivity index (χ2v) is 18.4. The molecule has 0 aliphatic heterocycles. The summed E-state index contributed by atoms with van der Waals surface area (Å²) in [7, 11) is 0. The number of esters is 1. The minimum absolute atomic E-state index is 0.0800. The number of carbonyl (C=O) groups excluding carboxylic acids is 1. The normalized spacial score (nSPS) is 45.2. The maximum atomic E-state index is 13.0. The van der Waals surface area contributed by atoms with E-state index in [0.717, 1.165) is 24.7 Å². The van der Waals surface area contributed by atoms with Gasteiger partial charge in [-0.15, -0.1) is 0 Å². The van der Waals surface area contributed by atoms with E-state index in [2.05, 4.69) is 55.0 Å². The van der Waals surface area contributed by atoms with Crippen LogP contribution in [0.15, 0.2) is 12.2 Å². The van der Waals surface area contributed by atoms with Crippen LogP contribution in [0.3, 0.4) is 0 Å². The summed E-state index contributed by atoms with van der Waals surface area (Å²) in [6, 6.07) is 0. The smallest absolute Gasteiger partial charge is 0.309 e. The Morgan fingerprint density at radius 2 is 1.58 bits per heavy atom. The van der Waals surface area contributed by atoms with Crippen molar-refractivity contribution in [1.82, 2.24) is 0 Å². The number of unbranched alkanes of at least 4 members (excludes halogenated alkanes) is 1. The molecule has 0 heterocycles. The van der Waals surface area contributed by atoms with Crippen LogP contribution in [0.25, 0.3) is 0 Å². The van der Waals surface area contributed by atoms with E-state index in [9.17, 15) is 14.7 Å². The summed E-state index contributed by atoms with van der Waals surface area (Å²) in [4.78, 5) is 24.7. The van der Waals surface area contributed by atoms with Crippen LogP contribution in [0.5, 0.6) is 0 Å². The predicted octanol–water partition coefficient (Wildman–Crippen LogP) is 10.2. The van der Waals surface area contributed by atoms with Crippen molar-refractivity contribution in [2.45, 2.75) is 158 Å². The quantitative estimate of drug-likeness (QED) is 0.224. The van der Waals surface area contributed by atoms with Crippen molar-refractivity contribution in [3.63, 3.8) is 0 Å². The molecule has 5 aliphatic carbocycles. The van der Waals surface area contributed by atoms with E-state index in [4.69, 9.17) is 4.74 Å². The molecule has 0 spiro atoms. The summed E-state index contributed by atoms with van der Waals surface area (Å²) < 4.78 is 6.17. The first-order chi connectivity index (χ1) is 19.9. The van der Waals surface area contributed by atoms with Crippen molar-refractivity contribution in [2.24, 2.45) is 62.1 Å². The van der Waals surface area contributed by atoms with Gasteiger partial charge in [-0.25, -0.2) is 0 Å². The van der Waals surface area contributed by atoms with Crippen molar-refractivity contribution in [3.8, 4) is 0 Å². The van der Waals surface area contributed by atoms with Crippen LogP contribution >= 0.6 is 0 Å². The van der Waals surface area contributed by atoms with Gasteiger partial charge in [0.05, 0.1) is 11.8 Å². The number of ether oxygens (including phenoxy) is 1. The molecule has 0 saturated heterocycles. The van der Waals surface area contributed by atoms with Crippen LogP contribution in [-0.2, 0) is 14.3 Å². The molecule has 0 bridgehead atoms. The number of allylic oxidation sites excluding steroid dienone is 1. The molecule has 244 valence electrons. The van der Waals surface area contributed by atoms with Crippen LogP contribution in [0.1, 0.15) is 152 Å². The molecule has 0 aromatic carbocycles. The standard InChI is InChI=1S/C39H64O4/c1-11-12-18-39-21-15-26(25(2)3)32(39)27-13-14-29-36(8)19-17-30(43-31(40)24-34(4,5)33(41)42)35(6,7)28(36)16-20-38(29,10)37(27,9)22-23-39/h26-30,32H,2,11-24H2,1,3-10H3,(H,41,42)/t26-,27+,28-,29+,30-,32+,36-,37+,38+,39+/m0/s1. The molecule has 0 radical (unpaired) electrons. The zero-order chi connectivity index (χ0) is 31.8. The molecular weight excluding hydrogens is 532 g/mol. The molecular formula is C39H64O4. The Kier molecular flexibility index (Phi) is 8.37. The number of aliphatic carboxylic acids is 1. The fraction of sp³-hybridized carbons (Fsp3) is 0.897. The predicted molar refractivity (Wildman–Crippen MR) is 174 cm³/mol. The SMILES string of the molecule is C=C(C)[C@@H]1CC[C@]2(CCCC)CC[C@]3(C)[C@H](CC[C@@H]4[C@@]5(C)CC[C@H](OC(=O)CC(C)(C)C(=O)O)C(C)(C)[C@@H]5CC[C@]43C)[C@@H]12. The zero-order valence-corrected chi connectivity index (χ0v) is 29.2. The van der Waals surface area contributed by atoms with Crippen molar-refractivity contribution >= 4 is 11.9 Å². The highest BCUT2D eigenvalue weighted by Crippen LogP contribution is 2.78. The molecule has 5 rings (SSSR count). The van der Waals surface area contributed by atoms with Crippen molar-refractivity contribution in [2.75, 3.05) is 0 Å². The molecule has 5 fully saturated rings. The zero-order valence-electron chi connectivity index (χ0n) is 29.2. The van der Waals surface area contributed by atoms with Gasteiger partial charge in [-0.2, -0.15) is 0 Å². The third-order valence-electron chi connectivity index (χ3n) is 15.6. The third-order valence-corrected chi connectivity index (χ3v) is 15.6. The molecule has 5 aliphatic rings. The molecule has 0 aromatic heterocycles. The Morgan fingerprint density at radius 3 is 2.21 bits per heavy atom. The first kappa shape index (κ1) is 33.1. The van der Waals surface area contributed by atoms with Crippen molar-refractivity contribution < 1.29 is 19.4 Å². The Bertz CT molecular complexity index is 1120. The van der Waals surface area contributed by atoms with Gasteiger partial charge in [0.2, 0.25) is 0 Å². The molecule has 10 atom stereocenters. The van der Waals surface area contributed by atoms with Gasteiger partial charge in [-0.1, -0.05) is 66.5 Å². The van der Waals surface area contributed by atoms with Crippen LogP contribution in [0, 0.1) is 62.1 Å². The molecule has 0 amide bonds. The maximum absolute atomic E-state index is 13.0. The van der Waals surface area contributed by atoms with Crippen molar-refractivity contribution in [1.29, 1.82) is 0 Å². The maximum Gasteiger partial charge on any atom is 0.309 e. The van der Waals surface area contributed by atoms with Gasteiger partial charge in [-0.3, -0.25) is 9.59 Å². The van der Waals surface area contributed by atoms with Crippen LogP contribution in [-0.4, -0.2) is 23.1 Å². The lowest BCUT2D eigenvalue weighted by molar-refractivity contribution is -0.250. The number of hydrogen-bond acceptors (Lipinski definition) is 3. The number of fused-ring (bicyclic) bond motifs is 7. The average Bonchev–Trinajstić information content (AvgIpc) is 3.29. The molecule has 4 heteroatoms. The highest BCUT2D eigenvalue weighted by molar-refractivity contribution is 5.81. The molecule has 43 heavy (non-hydrogen) atoms. The second-order valence-electron chi connectivity index (χ2n) is 18.4. The van der Waals surface area contributed by atoms with Gasteiger partial charge in [0, 0.05) is 5.41 Å². The first-order valence-electron chi connectivity index (χ1n) is 18.0. The van der Waals surface area contributed by atoms with Crippen LogP contribution in [0.2, 0.25) is 0 Å². The van der Waals surface area contributed by atoms with Crippen LogP contribution in [0.4, 0.5) is 0 Å². The summed E-state index contributed by atoms with van der Waals surface area (Å²) >= 11 is 0. The van der Waals surface area contributed by atoms with Gasteiger partial charge in [-0.05, 0) is 143 Å². The number of hydrogen-bond donors (Lipinski definition) is 1. The fourth-order valence-corrected chi connectivity index (χ4v) is 13.1. The number of carboxylic acids is 1. The molecule has 1 N–H and O–H groups in total. The first-order valence-corrected chi connectivity index (χ1v) is 18.0. The lowest BCUT2D eigenvalue weighted by atomic mass is 9.32. The van der Waals surface area contributed by atoms with E-state index in [1.165, 1.54) is 76.2 Å². The third kappa shape index (κ3) is 4.88. The summed E-state index contributed by atoms with van der Waals surface area (Å²) in [5.74, 6) is 2.18. The monoisotopic (exact) mass is 596 g/mol. The van der Waals surface area contributed by atoms with Crippen LogP contribution < -0.4 is 0 Å². The summed E-state index contributed by atoms with van der Waals surface area (Å²) in [5, 5.41) is 9.56.